The van der Waals surface area contributed by atoms with Gasteiger partial charge in [-0.2, -0.15) is 13.2 Å². The molecule has 1 saturated carbocycles. The van der Waals surface area contributed by atoms with Gasteiger partial charge in [-0.1, -0.05) is 18.9 Å². The fraction of sp³-hybridized carbons (Fsp3) is 0.571. The monoisotopic (exact) mass is 339 g/mol. The van der Waals surface area contributed by atoms with Gasteiger partial charge in [-0.25, -0.2) is 17.5 Å². The van der Waals surface area contributed by atoms with E-state index >= 15 is 0 Å². The highest BCUT2D eigenvalue weighted by molar-refractivity contribution is 7.89. The van der Waals surface area contributed by atoms with E-state index in [0.717, 1.165) is 12.1 Å². The molecule has 0 unspecified atom stereocenters. The molecule has 8 heteroatoms. The van der Waals surface area contributed by atoms with Crippen LogP contribution in [-0.4, -0.2) is 20.6 Å². The smallest absolute Gasteiger partial charge is 0.207 e. The van der Waals surface area contributed by atoms with Crippen LogP contribution in [0.5, 0.6) is 0 Å². The van der Waals surface area contributed by atoms with Crippen molar-refractivity contribution in [1.82, 2.24) is 4.72 Å². The molecule has 0 radical (unpaired) electrons. The van der Waals surface area contributed by atoms with Crippen LogP contribution in [0.1, 0.15) is 31.2 Å². The number of halogens is 4. The van der Waals surface area contributed by atoms with Crippen molar-refractivity contribution in [2.75, 3.05) is 0 Å². The SMILES string of the molecule is Cc1ccc(F)c(S(=O)(=O)N[C@H]2CCCC[C@H]2C(F)(F)F)c1. The number of hydrogen-bond donors (Lipinski definition) is 1. The van der Waals surface area contributed by atoms with Crippen LogP contribution < -0.4 is 4.72 Å². The first-order valence-corrected chi connectivity index (χ1v) is 8.45. The zero-order valence-corrected chi connectivity index (χ0v) is 12.8. The van der Waals surface area contributed by atoms with Crippen LogP contribution in [0, 0.1) is 18.7 Å². The molecule has 0 heterocycles. The van der Waals surface area contributed by atoms with E-state index in [1.165, 1.54) is 6.07 Å². The number of sulfonamides is 1. The molecule has 1 aliphatic rings. The lowest BCUT2D eigenvalue weighted by molar-refractivity contribution is -0.187. The molecule has 0 aromatic heterocycles. The van der Waals surface area contributed by atoms with Crippen molar-refractivity contribution in [3.05, 3.63) is 29.6 Å². The van der Waals surface area contributed by atoms with Crippen LogP contribution in [0.3, 0.4) is 0 Å². The Morgan fingerprint density at radius 1 is 1.18 bits per heavy atom. The summed E-state index contributed by atoms with van der Waals surface area (Å²) in [7, 11) is -4.33. The topological polar surface area (TPSA) is 46.2 Å². The van der Waals surface area contributed by atoms with Crippen molar-refractivity contribution in [3.8, 4) is 0 Å². The largest absolute Gasteiger partial charge is 0.393 e. The summed E-state index contributed by atoms with van der Waals surface area (Å²) in [6.07, 6.45) is -3.58. The van der Waals surface area contributed by atoms with Gasteiger partial charge >= 0.3 is 6.18 Å². The fourth-order valence-electron chi connectivity index (χ4n) is 2.74. The van der Waals surface area contributed by atoms with E-state index in [2.05, 4.69) is 0 Å². The van der Waals surface area contributed by atoms with Gasteiger partial charge in [-0.3, -0.25) is 0 Å². The van der Waals surface area contributed by atoms with Gasteiger partial charge in [0.2, 0.25) is 10.0 Å². The Kier molecular flexibility index (Phi) is 4.81. The molecule has 0 amide bonds. The number of nitrogens with one attached hydrogen (secondary N) is 1. The standard InChI is InChI=1S/C14H17F4NO2S/c1-9-6-7-11(15)13(8-9)22(20,21)19-12-5-3-2-4-10(12)14(16,17)18/h6-8,10,12,19H,2-5H2,1H3/t10-,12+/m1/s1. The summed E-state index contributed by atoms with van der Waals surface area (Å²) in [6, 6.07) is 2.25. The van der Waals surface area contributed by atoms with Crippen LogP contribution in [0.4, 0.5) is 17.6 Å². The summed E-state index contributed by atoms with van der Waals surface area (Å²) in [5.74, 6) is -2.71. The number of alkyl halides is 3. The Labute approximate surface area is 126 Å². The molecule has 1 fully saturated rings. The third-order valence-corrected chi connectivity index (χ3v) is 5.37. The van der Waals surface area contributed by atoms with E-state index in [0.29, 0.717) is 18.4 Å². The third kappa shape index (κ3) is 3.78. The maximum Gasteiger partial charge on any atom is 0.393 e. The fourth-order valence-corrected chi connectivity index (χ4v) is 4.22. The predicted molar refractivity (Wildman–Crippen MR) is 73.3 cm³/mol. The van der Waals surface area contributed by atoms with Gasteiger partial charge in [-0.15, -0.1) is 0 Å². The first-order chi connectivity index (χ1) is 10.1. The first kappa shape index (κ1) is 17.2. The van der Waals surface area contributed by atoms with Crippen molar-refractivity contribution in [3.63, 3.8) is 0 Å². The van der Waals surface area contributed by atoms with E-state index in [-0.39, 0.29) is 12.8 Å². The number of hydrogen-bond acceptors (Lipinski definition) is 2. The molecule has 0 bridgehead atoms. The van der Waals surface area contributed by atoms with E-state index in [1.54, 1.807) is 6.92 Å². The first-order valence-electron chi connectivity index (χ1n) is 6.96. The molecule has 1 N–H and O–H groups in total. The lowest BCUT2D eigenvalue weighted by atomic mass is 9.85. The molecule has 1 aliphatic carbocycles. The minimum absolute atomic E-state index is 0.0941. The van der Waals surface area contributed by atoms with Crippen molar-refractivity contribution in [2.45, 2.75) is 49.7 Å². The summed E-state index contributed by atoms with van der Waals surface area (Å²) in [5, 5.41) is 0. The number of rotatable bonds is 3. The Hall–Kier alpha value is -1.15. The predicted octanol–water partition coefficient (Wildman–Crippen LogP) is 3.53. The second-order valence-electron chi connectivity index (χ2n) is 5.59. The van der Waals surface area contributed by atoms with Gasteiger partial charge in [0.05, 0.1) is 5.92 Å². The molecular weight excluding hydrogens is 322 g/mol. The summed E-state index contributed by atoms with van der Waals surface area (Å²) >= 11 is 0. The second kappa shape index (κ2) is 6.16. The highest BCUT2D eigenvalue weighted by Crippen LogP contribution is 2.38. The second-order valence-corrected chi connectivity index (χ2v) is 7.28. The molecular formula is C14H17F4NO2S. The molecule has 0 saturated heterocycles. The molecule has 124 valence electrons. The zero-order chi connectivity index (χ0) is 16.5. The molecule has 2 atom stereocenters. The molecule has 1 aromatic carbocycles. The molecule has 1 aromatic rings. The number of aryl methyl sites for hydroxylation is 1. The minimum Gasteiger partial charge on any atom is -0.207 e. The van der Waals surface area contributed by atoms with E-state index in [4.69, 9.17) is 0 Å². The van der Waals surface area contributed by atoms with E-state index < -0.39 is 38.9 Å². The highest BCUT2D eigenvalue weighted by Gasteiger charge is 2.46. The van der Waals surface area contributed by atoms with Crippen LogP contribution in [0.15, 0.2) is 23.1 Å². The zero-order valence-electron chi connectivity index (χ0n) is 12.0. The summed E-state index contributed by atoms with van der Waals surface area (Å²) in [5.41, 5.74) is 0.512. The Bertz CT molecular complexity index is 643. The Morgan fingerprint density at radius 3 is 2.45 bits per heavy atom. The summed E-state index contributed by atoms with van der Waals surface area (Å²) < 4.78 is 79.2. The molecule has 22 heavy (non-hydrogen) atoms. The summed E-state index contributed by atoms with van der Waals surface area (Å²) in [4.78, 5) is -0.612. The Morgan fingerprint density at radius 2 is 1.82 bits per heavy atom. The van der Waals surface area contributed by atoms with Crippen molar-refractivity contribution < 1.29 is 26.0 Å². The van der Waals surface area contributed by atoms with E-state index in [1.807, 2.05) is 4.72 Å². The maximum atomic E-state index is 13.7. The van der Waals surface area contributed by atoms with Gasteiger partial charge in [0.15, 0.2) is 0 Å². The van der Waals surface area contributed by atoms with Gasteiger partial charge < -0.3 is 0 Å². The van der Waals surface area contributed by atoms with E-state index in [9.17, 15) is 26.0 Å². The van der Waals surface area contributed by atoms with Crippen LogP contribution in [0.2, 0.25) is 0 Å². The number of benzene rings is 1. The minimum atomic E-state index is -4.47. The quantitative estimate of drug-likeness (QED) is 0.857. The third-order valence-electron chi connectivity index (χ3n) is 3.87. The van der Waals surface area contributed by atoms with Crippen molar-refractivity contribution in [2.24, 2.45) is 5.92 Å². The van der Waals surface area contributed by atoms with Crippen molar-refractivity contribution in [1.29, 1.82) is 0 Å². The molecule has 0 spiro atoms. The van der Waals surface area contributed by atoms with Gasteiger partial charge in [0, 0.05) is 6.04 Å². The van der Waals surface area contributed by atoms with Crippen LogP contribution in [-0.2, 0) is 10.0 Å². The molecule has 0 aliphatic heterocycles. The van der Waals surface area contributed by atoms with Crippen LogP contribution in [0.25, 0.3) is 0 Å². The summed E-state index contributed by atoms with van der Waals surface area (Å²) in [6.45, 7) is 1.58. The average molecular weight is 339 g/mol. The average Bonchev–Trinajstić information content (AvgIpc) is 2.40. The normalized spacial score (nSPS) is 23.5. The highest BCUT2D eigenvalue weighted by atomic mass is 32.2. The van der Waals surface area contributed by atoms with Gasteiger partial charge in [0.1, 0.15) is 10.7 Å². The molecule has 3 nitrogen and oxygen atoms in total. The lowest BCUT2D eigenvalue weighted by Gasteiger charge is -2.33. The van der Waals surface area contributed by atoms with Crippen molar-refractivity contribution >= 4 is 10.0 Å². The molecule has 2 rings (SSSR count). The van der Waals surface area contributed by atoms with Crippen LogP contribution >= 0.6 is 0 Å². The van der Waals surface area contributed by atoms with Gasteiger partial charge in [-0.05, 0) is 37.5 Å². The maximum absolute atomic E-state index is 13.7. The lowest BCUT2D eigenvalue weighted by Crippen LogP contribution is -2.47. The Balaban J connectivity index is 2.29. The van der Waals surface area contributed by atoms with Gasteiger partial charge in [0.25, 0.3) is 0 Å².